The number of rotatable bonds is 3. The minimum Gasteiger partial charge on any atom is -0.364 e. The smallest absolute Gasteiger partial charge is 0.364 e. The Morgan fingerprint density at radius 3 is 2.76 bits per heavy atom. The van der Waals surface area contributed by atoms with Crippen LogP contribution in [0.4, 0.5) is 19.0 Å². The van der Waals surface area contributed by atoms with Crippen molar-refractivity contribution >= 4 is 11.7 Å². The van der Waals surface area contributed by atoms with E-state index in [0.29, 0.717) is 13.1 Å². The van der Waals surface area contributed by atoms with Crippen molar-refractivity contribution in [2.24, 2.45) is 11.5 Å². The zero-order valence-corrected chi connectivity index (χ0v) is 11.4. The maximum atomic E-state index is 12.6. The Labute approximate surface area is 119 Å². The zero-order chi connectivity index (χ0) is 15.6. The first-order valence-electron chi connectivity index (χ1n) is 6.63. The fraction of sp³-hybridized carbons (Fsp3) is 0.667. The van der Waals surface area contributed by atoms with Crippen LogP contribution in [0.1, 0.15) is 29.8 Å². The molecule has 6 nitrogen and oxygen atoms in total. The minimum absolute atomic E-state index is 0.110. The Hall–Kier alpha value is -1.77. The van der Waals surface area contributed by atoms with Gasteiger partial charge in [-0.1, -0.05) is 6.42 Å². The summed E-state index contributed by atoms with van der Waals surface area (Å²) in [5.41, 5.74) is 10.7. The molecule has 1 unspecified atom stereocenters. The molecule has 0 bridgehead atoms. The molecular formula is C12H17F3N5O. The van der Waals surface area contributed by atoms with Gasteiger partial charge in [0.1, 0.15) is 12.4 Å². The molecular weight excluding hydrogens is 287 g/mol. The quantitative estimate of drug-likeness (QED) is 0.858. The summed E-state index contributed by atoms with van der Waals surface area (Å²) in [7, 11) is 0. The van der Waals surface area contributed by atoms with Gasteiger partial charge in [-0.05, 0) is 12.8 Å². The van der Waals surface area contributed by atoms with Gasteiger partial charge in [-0.25, -0.2) is 4.68 Å². The highest BCUT2D eigenvalue weighted by molar-refractivity contribution is 5.91. The molecule has 2 heterocycles. The first-order chi connectivity index (χ1) is 9.76. The fourth-order valence-corrected chi connectivity index (χ4v) is 2.36. The maximum Gasteiger partial charge on any atom is 0.408 e. The first-order valence-corrected chi connectivity index (χ1v) is 6.63. The molecule has 21 heavy (non-hydrogen) atoms. The van der Waals surface area contributed by atoms with Gasteiger partial charge in [0.15, 0.2) is 5.69 Å². The summed E-state index contributed by atoms with van der Waals surface area (Å²) in [4.78, 5) is 12.8. The molecule has 1 amide bonds. The Morgan fingerprint density at radius 2 is 2.14 bits per heavy atom. The Kier molecular flexibility index (Phi) is 4.40. The molecule has 9 heteroatoms. The highest BCUT2D eigenvalue weighted by Gasteiger charge is 2.32. The lowest BCUT2D eigenvalue weighted by Crippen LogP contribution is -2.37. The summed E-state index contributed by atoms with van der Waals surface area (Å²) < 4.78 is 38.6. The van der Waals surface area contributed by atoms with Gasteiger partial charge >= 0.3 is 6.18 Å². The molecule has 1 radical (unpaired) electrons. The molecule has 1 aromatic heterocycles. The largest absolute Gasteiger partial charge is 0.408 e. The summed E-state index contributed by atoms with van der Waals surface area (Å²) in [6.45, 7) is -0.345. The molecule has 0 aliphatic carbocycles. The van der Waals surface area contributed by atoms with Gasteiger partial charge in [0, 0.05) is 19.1 Å². The average Bonchev–Trinajstić information content (AvgIpc) is 2.62. The highest BCUT2D eigenvalue weighted by atomic mass is 19.4. The van der Waals surface area contributed by atoms with Crippen molar-refractivity contribution in [3.63, 3.8) is 0 Å². The number of aromatic nitrogens is 2. The lowest BCUT2D eigenvalue weighted by molar-refractivity contribution is -0.142. The second-order valence-electron chi connectivity index (χ2n) is 5.14. The standard InChI is InChI=1S/C12H17F3N5O/c13-12(14,15)7-20-10(5-9(18-20)11(17)21)19-4-2-1-3-8(16)6-19/h8H,1-4,6-7,16H2,(H2,17,21). The summed E-state index contributed by atoms with van der Waals surface area (Å²) in [6, 6.07) is 2.44. The SMILES string of the molecule is NC(=O)c1[c]c(N2CCCCC(N)C2)n(CC(F)(F)F)n1. The van der Waals surface area contributed by atoms with Crippen LogP contribution >= 0.6 is 0 Å². The fourth-order valence-electron chi connectivity index (χ4n) is 2.36. The predicted octanol–water partition coefficient (Wildman–Crippen LogP) is 0.662. The number of carbonyl (C=O) groups is 1. The van der Waals surface area contributed by atoms with Crippen molar-refractivity contribution in [2.75, 3.05) is 18.0 Å². The van der Waals surface area contributed by atoms with Gasteiger partial charge in [-0.15, -0.1) is 0 Å². The monoisotopic (exact) mass is 304 g/mol. The molecule has 1 fully saturated rings. The van der Waals surface area contributed by atoms with Crippen LogP contribution in [0, 0.1) is 6.07 Å². The number of anilines is 1. The third kappa shape index (κ3) is 4.10. The second-order valence-corrected chi connectivity index (χ2v) is 5.14. The van der Waals surface area contributed by atoms with Crippen molar-refractivity contribution < 1.29 is 18.0 Å². The number of hydrogen-bond acceptors (Lipinski definition) is 4. The van der Waals surface area contributed by atoms with E-state index in [2.05, 4.69) is 11.2 Å². The van der Waals surface area contributed by atoms with Crippen LogP contribution in [-0.4, -0.2) is 41.0 Å². The van der Waals surface area contributed by atoms with Crippen LogP contribution in [0.5, 0.6) is 0 Å². The maximum absolute atomic E-state index is 12.6. The van der Waals surface area contributed by atoms with E-state index in [1.54, 1.807) is 4.90 Å². The van der Waals surface area contributed by atoms with Crippen LogP contribution in [0.25, 0.3) is 0 Å². The van der Waals surface area contributed by atoms with Crippen LogP contribution in [0.3, 0.4) is 0 Å². The van der Waals surface area contributed by atoms with Gasteiger partial charge < -0.3 is 16.4 Å². The number of amides is 1. The van der Waals surface area contributed by atoms with Crippen molar-refractivity contribution in [2.45, 2.75) is 38.0 Å². The zero-order valence-electron chi connectivity index (χ0n) is 11.4. The van der Waals surface area contributed by atoms with Crippen molar-refractivity contribution in [3.05, 3.63) is 11.8 Å². The number of carbonyl (C=O) groups excluding carboxylic acids is 1. The van der Waals surface area contributed by atoms with Crippen LogP contribution in [0.15, 0.2) is 0 Å². The molecule has 0 spiro atoms. The van der Waals surface area contributed by atoms with E-state index >= 15 is 0 Å². The van der Waals surface area contributed by atoms with E-state index in [-0.39, 0.29) is 17.6 Å². The summed E-state index contributed by atoms with van der Waals surface area (Å²) >= 11 is 0. The van der Waals surface area contributed by atoms with Crippen LogP contribution in [0.2, 0.25) is 0 Å². The third-order valence-corrected chi connectivity index (χ3v) is 3.27. The summed E-state index contributed by atoms with van der Waals surface area (Å²) in [5.74, 6) is -0.797. The molecule has 0 aromatic carbocycles. The first kappa shape index (κ1) is 15.6. The van der Waals surface area contributed by atoms with Crippen molar-refractivity contribution in [1.82, 2.24) is 9.78 Å². The summed E-state index contributed by atoms with van der Waals surface area (Å²) in [6.07, 6.45) is -1.91. The van der Waals surface area contributed by atoms with E-state index in [4.69, 9.17) is 11.5 Å². The lowest BCUT2D eigenvalue weighted by atomic mass is 10.2. The van der Waals surface area contributed by atoms with Gasteiger partial charge in [0.05, 0.1) is 6.07 Å². The number of nitrogens with zero attached hydrogens (tertiary/aromatic N) is 3. The van der Waals surface area contributed by atoms with E-state index in [1.165, 1.54) is 0 Å². The molecule has 1 saturated heterocycles. The number of primary amides is 1. The predicted molar refractivity (Wildman–Crippen MR) is 69.7 cm³/mol. The van der Waals surface area contributed by atoms with Crippen LogP contribution in [-0.2, 0) is 6.54 Å². The van der Waals surface area contributed by atoms with E-state index in [0.717, 1.165) is 23.9 Å². The molecule has 1 aliphatic rings. The van der Waals surface area contributed by atoms with Gasteiger partial charge in [-0.2, -0.15) is 18.3 Å². The third-order valence-electron chi connectivity index (χ3n) is 3.27. The van der Waals surface area contributed by atoms with E-state index in [9.17, 15) is 18.0 Å². The van der Waals surface area contributed by atoms with Crippen molar-refractivity contribution in [1.29, 1.82) is 0 Å². The second kappa shape index (κ2) is 5.92. The van der Waals surface area contributed by atoms with Gasteiger partial charge in [0.2, 0.25) is 0 Å². The molecule has 4 N–H and O–H groups in total. The number of alkyl halides is 3. The Balaban J connectivity index is 2.32. The molecule has 1 atom stereocenters. The average molecular weight is 304 g/mol. The lowest BCUT2D eigenvalue weighted by Gasteiger charge is -2.25. The highest BCUT2D eigenvalue weighted by Crippen LogP contribution is 2.24. The topological polar surface area (TPSA) is 90.2 Å². The molecule has 2 rings (SSSR count). The van der Waals surface area contributed by atoms with Crippen molar-refractivity contribution in [3.8, 4) is 0 Å². The van der Waals surface area contributed by atoms with Gasteiger partial charge in [-0.3, -0.25) is 4.79 Å². The van der Waals surface area contributed by atoms with E-state index < -0.39 is 18.6 Å². The van der Waals surface area contributed by atoms with Gasteiger partial charge in [0.25, 0.3) is 5.91 Å². The number of nitrogens with two attached hydrogens (primary N) is 2. The molecule has 0 saturated carbocycles. The molecule has 1 aliphatic heterocycles. The number of halogens is 3. The molecule has 117 valence electrons. The summed E-state index contributed by atoms with van der Waals surface area (Å²) in [5, 5.41) is 3.61. The Morgan fingerprint density at radius 1 is 1.43 bits per heavy atom. The number of hydrogen-bond donors (Lipinski definition) is 2. The normalized spacial score (nSPS) is 20.4. The van der Waals surface area contributed by atoms with Crippen LogP contribution < -0.4 is 16.4 Å². The van der Waals surface area contributed by atoms with E-state index in [1.807, 2.05) is 0 Å². The minimum atomic E-state index is -4.45. The Bertz CT molecular complexity index is 513. The molecule has 1 aromatic rings.